The third-order valence-electron chi connectivity index (χ3n) is 4.87. The van der Waals surface area contributed by atoms with E-state index in [0.717, 1.165) is 63.6 Å². The molecule has 3 rings (SSSR count). The lowest BCUT2D eigenvalue weighted by Gasteiger charge is -2.17. The van der Waals surface area contributed by atoms with Crippen molar-refractivity contribution in [3.05, 3.63) is 29.8 Å². The quantitative estimate of drug-likeness (QED) is 0.269. The molecule has 1 atom stereocenters. The summed E-state index contributed by atoms with van der Waals surface area (Å²) < 4.78 is 5.61. The van der Waals surface area contributed by atoms with E-state index in [1.807, 2.05) is 23.1 Å². The van der Waals surface area contributed by atoms with Crippen molar-refractivity contribution in [2.45, 2.75) is 45.1 Å². The first kappa shape index (κ1) is 21.9. The zero-order valence-electron chi connectivity index (χ0n) is 16.1. The highest BCUT2D eigenvalue weighted by atomic mass is 127. The second-order valence-corrected chi connectivity index (χ2v) is 6.81. The minimum atomic E-state index is 0. The van der Waals surface area contributed by atoms with Crippen molar-refractivity contribution in [2.24, 2.45) is 4.99 Å². The Hall–Kier alpha value is -1.35. The summed E-state index contributed by atoms with van der Waals surface area (Å²) >= 11 is 0. The first-order valence-corrected chi connectivity index (χ1v) is 9.80. The van der Waals surface area contributed by atoms with Crippen LogP contribution in [0, 0.1) is 0 Å². The van der Waals surface area contributed by atoms with E-state index in [4.69, 9.17) is 4.74 Å². The van der Waals surface area contributed by atoms with E-state index in [1.54, 1.807) is 0 Å². The number of benzene rings is 1. The van der Waals surface area contributed by atoms with Crippen LogP contribution in [0.15, 0.2) is 29.3 Å². The zero-order chi connectivity index (χ0) is 18.2. The van der Waals surface area contributed by atoms with Gasteiger partial charge >= 0.3 is 0 Å². The van der Waals surface area contributed by atoms with Gasteiger partial charge in [-0.05, 0) is 44.2 Å². The number of carbonyl (C=O) groups is 1. The van der Waals surface area contributed by atoms with Gasteiger partial charge in [0.2, 0.25) is 5.91 Å². The molecule has 2 aliphatic rings. The lowest BCUT2D eigenvalue weighted by Crippen LogP contribution is -2.39. The summed E-state index contributed by atoms with van der Waals surface area (Å²) in [5, 5.41) is 6.57. The van der Waals surface area contributed by atoms with E-state index in [2.05, 4.69) is 28.6 Å². The summed E-state index contributed by atoms with van der Waals surface area (Å²) in [7, 11) is 0. The Bertz CT molecular complexity index is 632. The van der Waals surface area contributed by atoms with Gasteiger partial charge < -0.3 is 20.3 Å². The molecule has 150 valence electrons. The molecule has 0 spiro atoms. The molecule has 2 heterocycles. The number of amides is 1. The fraction of sp³-hybridized carbons (Fsp3) is 0.600. The molecule has 27 heavy (non-hydrogen) atoms. The second kappa shape index (κ2) is 11.5. The van der Waals surface area contributed by atoms with Gasteiger partial charge in [0.25, 0.3) is 0 Å². The van der Waals surface area contributed by atoms with Gasteiger partial charge in [0.1, 0.15) is 0 Å². The molecule has 1 aromatic rings. The van der Waals surface area contributed by atoms with Crippen molar-refractivity contribution in [1.82, 2.24) is 10.6 Å². The van der Waals surface area contributed by atoms with E-state index in [1.165, 1.54) is 5.56 Å². The number of para-hydroxylation sites is 1. The van der Waals surface area contributed by atoms with Crippen molar-refractivity contribution >= 4 is 41.5 Å². The molecule has 0 radical (unpaired) electrons. The summed E-state index contributed by atoms with van der Waals surface area (Å²) in [5.41, 5.74) is 2.35. The first-order chi connectivity index (χ1) is 12.8. The molecule has 6 nitrogen and oxygen atoms in total. The fourth-order valence-corrected chi connectivity index (χ4v) is 3.50. The van der Waals surface area contributed by atoms with E-state index in [-0.39, 0.29) is 36.0 Å². The minimum Gasteiger partial charge on any atom is -0.376 e. The molecular weight excluding hydrogens is 455 g/mol. The molecule has 0 bridgehead atoms. The summed E-state index contributed by atoms with van der Waals surface area (Å²) in [6, 6.07) is 8.19. The van der Waals surface area contributed by atoms with Crippen LogP contribution >= 0.6 is 24.0 Å². The number of carbonyl (C=O) groups excluding carboxylic acids is 1. The Morgan fingerprint density at radius 1 is 1.33 bits per heavy atom. The maximum atomic E-state index is 12.5. The number of nitrogens with zero attached hydrogens (tertiary/aromatic N) is 2. The van der Waals surface area contributed by atoms with Crippen molar-refractivity contribution in [2.75, 3.05) is 37.7 Å². The maximum Gasteiger partial charge on any atom is 0.227 e. The first-order valence-electron chi connectivity index (χ1n) is 9.80. The average Bonchev–Trinajstić information content (AvgIpc) is 3.32. The Labute approximate surface area is 179 Å². The maximum absolute atomic E-state index is 12.5. The Balaban J connectivity index is 0.00000261. The molecule has 7 heteroatoms. The molecule has 2 N–H and O–H groups in total. The molecule has 1 amide bonds. The Morgan fingerprint density at radius 2 is 2.19 bits per heavy atom. The summed E-state index contributed by atoms with van der Waals surface area (Å²) in [6.07, 6.45) is 4.78. The highest BCUT2D eigenvalue weighted by molar-refractivity contribution is 14.0. The zero-order valence-corrected chi connectivity index (χ0v) is 18.4. The van der Waals surface area contributed by atoms with Crippen LogP contribution in [0.3, 0.4) is 0 Å². The molecule has 1 saturated heterocycles. The molecule has 1 fully saturated rings. The average molecular weight is 486 g/mol. The number of fused-ring (bicyclic) bond motifs is 1. The van der Waals surface area contributed by atoms with Crippen LogP contribution < -0.4 is 15.5 Å². The van der Waals surface area contributed by atoms with Gasteiger partial charge in [0, 0.05) is 38.3 Å². The summed E-state index contributed by atoms with van der Waals surface area (Å²) in [5.74, 6) is 1.01. The third kappa shape index (κ3) is 6.34. The van der Waals surface area contributed by atoms with Crippen molar-refractivity contribution in [3.63, 3.8) is 0 Å². The number of anilines is 1. The van der Waals surface area contributed by atoms with Gasteiger partial charge in [-0.3, -0.25) is 9.79 Å². The second-order valence-electron chi connectivity index (χ2n) is 6.81. The van der Waals surface area contributed by atoms with E-state index < -0.39 is 0 Å². The van der Waals surface area contributed by atoms with Gasteiger partial charge in [-0.15, -0.1) is 24.0 Å². The lowest BCUT2D eigenvalue weighted by molar-refractivity contribution is -0.118. The number of nitrogens with one attached hydrogen (secondary N) is 2. The monoisotopic (exact) mass is 486 g/mol. The Morgan fingerprint density at radius 3 is 2.96 bits per heavy atom. The molecular formula is C20H31IN4O2. The van der Waals surface area contributed by atoms with Crippen molar-refractivity contribution in [3.8, 4) is 0 Å². The number of rotatable bonds is 7. The number of aliphatic imine (C=N–C) groups is 1. The largest absolute Gasteiger partial charge is 0.376 e. The van der Waals surface area contributed by atoms with Gasteiger partial charge in [0.15, 0.2) is 5.96 Å². The summed E-state index contributed by atoms with van der Waals surface area (Å²) in [6.45, 7) is 5.96. The van der Waals surface area contributed by atoms with Gasteiger partial charge in [-0.25, -0.2) is 0 Å². The van der Waals surface area contributed by atoms with Crippen LogP contribution in [-0.2, 0) is 16.0 Å². The Kier molecular flexibility index (Phi) is 9.33. The highest BCUT2D eigenvalue weighted by Gasteiger charge is 2.23. The smallest absolute Gasteiger partial charge is 0.227 e. The van der Waals surface area contributed by atoms with Crippen molar-refractivity contribution in [1.29, 1.82) is 0 Å². The molecule has 1 aromatic carbocycles. The number of halogens is 1. The van der Waals surface area contributed by atoms with Crippen molar-refractivity contribution < 1.29 is 9.53 Å². The van der Waals surface area contributed by atoms with Crippen LogP contribution in [0.25, 0.3) is 0 Å². The topological polar surface area (TPSA) is 66.0 Å². The van der Waals surface area contributed by atoms with E-state index in [0.29, 0.717) is 13.0 Å². The molecule has 1 unspecified atom stereocenters. The predicted octanol–water partition coefficient (Wildman–Crippen LogP) is 2.71. The van der Waals surface area contributed by atoms with Crippen LogP contribution in [0.2, 0.25) is 0 Å². The number of hydrogen-bond donors (Lipinski definition) is 2. The standard InChI is InChI=1S/C20H30N4O2.HI/c1-2-21-20(23-15-17-8-6-14-26-17)22-12-5-10-19(25)24-13-11-16-7-3-4-9-18(16)24;/h3-4,7,9,17H,2,5-6,8,10-15H2,1H3,(H2,21,22,23);1H. The third-order valence-corrected chi connectivity index (χ3v) is 4.87. The van der Waals surface area contributed by atoms with Crippen LogP contribution in [-0.4, -0.2) is 50.8 Å². The molecule has 0 aliphatic carbocycles. The van der Waals surface area contributed by atoms with Crippen LogP contribution in [0.4, 0.5) is 5.69 Å². The number of guanidine groups is 1. The van der Waals surface area contributed by atoms with Crippen LogP contribution in [0.5, 0.6) is 0 Å². The SMILES string of the molecule is CCNC(=NCC1CCCO1)NCCCC(=O)N1CCc2ccccc21.I. The predicted molar refractivity (Wildman–Crippen MR) is 120 cm³/mol. The van der Waals surface area contributed by atoms with Crippen LogP contribution in [0.1, 0.15) is 38.2 Å². The van der Waals surface area contributed by atoms with E-state index in [9.17, 15) is 4.79 Å². The van der Waals surface area contributed by atoms with Gasteiger partial charge in [0.05, 0.1) is 12.6 Å². The number of hydrogen-bond acceptors (Lipinski definition) is 3. The highest BCUT2D eigenvalue weighted by Crippen LogP contribution is 2.27. The van der Waals surface area contributed by atoms with Gasteiger partial charge in [-0.1, -0.05) is 18.2 Å². The number of ether oxygens (including phenoxy) is 1. The normalized spacial score (nSPS) is 18.8. The van der Waals surface area contributed by atoms with Gasteiger partial charge in [-0.2, -0.15) is 0 Å². The van der Waals surface area contributed by atoms with E-state index >= 15 is 0 Å². The molecule has 0 saturated carbocycles. The fourth-order valence-electron chi connectivity index (χ4n) is 3.50. The lowest BCUT2D eigenvalue weighted by atomic mass is 10.2. The molecule has 2 aliphatic heterocycles. The minimum absolute atomic E-state index is 0. The summed E-state index contributed by atoms with van der Waals surface area (Å²) in [4.78, 5) is 19.0. The molecule has 0 aromatic heterocycles.